The maximum absolute atomic E-state index is 10.6. The van der Waals surface area contributed by atoms with Gasteiger partial charge < -0.3 is 33.9 Å². The van der Waals surface area contributed by atoms with Crippen molar-refractivity contribution < 1.29 is 38.9 Å². The Morgan fingerprint density at radius 1 is 1.19 bits per heavy atom. The fourth-order valence-electron chi connectivity index (χ4n) is 2.30. The second-order valence-electron chi connectivity index (χ2n) is 4.75. The summed E-state index contributed by atoms with van der Waals surface area (Å²) in [7, 11) is 0. The van der Waals surface area contributed by atoms with E-state index < -0.39 is 47.8 Å². The minimum absolute atomic E-state index is 0.0370. The normalized spacial score (nSPS) is 39.8. The summed E-state index contributed by atoms with van der Waals surface area (Å²) in [5.41, 5.74) is 0. The van der Waals surface area contributed by atoms with E-state index in [1.54, 1.807) is 0 Å². The van der Waals surface area contributed by atoms with E-state index in [0.717, 1.165) is 6.07 Å². The highest BCUT2D eigenvalue weighted by molar-refractivity contribution is 5.18. The Morgan fingerprint density at radius 3 is 2.62 bits per heavy atom. The highest BCUT2D eigenvalue weighted by atomic mass is 16.7. The number of ether oxygens (including phenoxy) is 3. The molecule has 2 aliphatic heterocycles. The molecule has 3 N–H and O–H groups in total. The third-order valence-corrected chi connectivity index (χ3v) is 3.38. The molecule has 10 heteroatoms. The van der Waals surface area contributed by atoms with Gasteiger partial charge in [-0.3, -0.25) is 10.1 Å². The number of nitro groups is 1. The lowest BCUT2D eigenvalue weighted by atomic mass is 9.98. The first-order chi connectivity index (χ1) is 9.97. The molecule has 0 amide bonds. The van der Waals surface area contributed by atoms with E-state index in [9.17, 15) is 25.4 Å². The van der Waals surface area contributed by atoms with Gasteiger partial charge in [0.25, 0.3) is 0 Å². The summed E-state index contributed by atoms with van der Waals surface area (Å²) in [6.45, 7) is -0.0370. The zero-order chi connectivity index (χ0) is 15.1. The zero-order valence-electron chi connectivity index (χ0n) is 10.6. The van der Waals surface area contributed by atoms with Crippen LogP contribution in [-0.4, -0.2) is 57.6 Å². The number of aliphatic hydroxyl groups is 3. The van der Waals surface area contributed by atoms with Crippen LogP contribution in [0.1, 0.15) is 12.1 Å². The van der Waals surface area contributed by atoms with Gasteiger partial charge in [-0.2, -0.15) is 0 Å². The van der Waals surface area contributed by atoms with Crippen molar-refractivity contribution in [3.8, 4) is 0 Å². The molecule has 2 fully saturated rings. The van der Waals surface area contributed by atoms with Crippen LogP contribution in [0.2, 0.25) is 0 Å². The van der Waals surface area contributed by atoms with Gasteiger partial charge in [0.2, 0.25) is 6.29 Å². The monoisotopic (exact) mass is 303 g/mol. The number of furan rings is 1. The smallest absolute Gasteiger partial charge is 0.400 e. The fourth-order valence-corrected chi connectivity index (χ4v) is 2.30. The Morgan fingerprint density at radius 2 is 1.95 bits per heavy atom. The van der Waals surface area contributed by atoms with Gasteiger partial charge in [0, 0.05) is 0 Å². The number of nitrogens with zero attached hydrogens (tertiary/aromatic N) is 1. The number of rotatable bonds is 2. The number of hydrogen-bond donors (Lipinski definition) is 3. The SMILES string of the molecule is O=[N+]([O-])c1ccc(C2OCC3OC(O)[C@H](O)[C@@H](O)C3O2)o1. The van der Waals surface area contributed by atoms with Crippen molar-refractivity contribution >= 4 is 5.88 Å². The van der Waals surface area contributed by atoms with Crippen LogP contribution in [0, 0.1) is 10.1 Å². The lowest BCUT2D eigenvalue weighted by Crippen LogP contribution is -2.61. The molecule has 1 aromatic heterocycles. The average Bonchev–Trinajstić information content (AvgIpc) is 2.95. The van der Waals surface area contributed by atoms with Crippen LogP contribution in [0.3, 0.4) is 0 Å². The second-order valence-corrected chi connectivity index (χ2v) is 4.75. The van der Waals surface area contributed by atoms with E-state index in [4.69, 9.17) is 18.6 Å². The Kier molecular flexibility index (Phi) is 3.65. The Hall–Kier alpha value is -1.56. The van der Waals surface area contributed by atoms with Crippen molar-refractivity contribution in [1.82, 2.24) is 0 Å². The van der Waals surface area contributed by atoms with Crippen LogP contribution in [0.25, 0.3) is 0 Å². The van der Waals surface area contributed by atoms with E-state index in [2.05, 4.69) is 0 Å². The van der Waals surface area contributed by atoms with Crippen LogP contribution >= 0.6 is 0 Å². The summed E-state index contributed by atoms with van der Waals surface area (Å²) < 4.78 is 20.7. The summed E-state index contributed by atoms with van der Waals surface area (Å²) in [6.07, 6.45) is -7.22. The molecule has 2 aliphatic rings. The quantitative estimate of drug-likeness (QED) is 0.464. The predicted octanol–water partition coefficient (Wildman–Crippen LogP) is -0.959. The third kappa shape index (κ3) is 2.52. The fraction of sp³-hybridized carbons (Fsp3) is 0.636. The average molecular weight is 303 g/mol. The van der Waals surface area contributed by atoms with Gasteiger partial charge >= 0.3 is 5.88 Å². The van der Waals surface area contributed by atoms with Crippen molar-refractivity contribution in [1.29, 1.82) is 0 Å². The molecule has 1 aromatic rings. The summed E-state index contributed by atoms with van der Waals surface area (Å²) >= 11 is 0. The molecule has 2 saturated heterocycles. The lowest BCUT2D eigenvalue weighted by Gasteiger charge is -2.44. The van der Waals surface area contributed by atoms with Crippen LogP contribution in [0.15, 0.2) is 16.5 Å². The Bertz CT molecular complexity index is 530. The molecule has 6 atom stereocenters. The standard InChI is InChI=1S/C11H13NO9/c13-7-8(14)10(15)20-5-3-18-11(21-9(5)7)4-1-2-6(19-4)12(16)17/h1-2,5,7-11,13-15H,3H2/t5?,7-,8-,9?,10?,11?/m1/s1. The van der Waals surface area contributed by atoms with Gasteiger partial charge in [0.1, 0.15) is 29.3 Å². The minimum atomic E-state index is -1.53. The van der Waals surface area contributed by atoms with Gasteiger partial charge in [0.15, 0.2) is 12.1 Å². The molecule has 116 valence electrons. The van der Waals surface area contributed by atoms with E-state index in [1.807, 2.05) is 0 Å². The van der Waals surface area contributed by atoms with Crippen molar-refractivity contribution in [2.75, 3.05) is 6.61 Å². The molecule has 0 aromatic carbocycles. The van der Waals surface area contributed by atoms with Gasteiger partial charge in [-0.1, -0.05) is 0 Å². The lowest BCUT2D eigenvalue weighted by molar-refractivity contribution is -0.404. The molecule has 0 spiro atoms. The van der Waals surface area contributed by atoms with Gasteiger partial charge in [-0.25, -0.2) is 0 Å². The molecule has 0 saturated carbocycles. The summed E-state index contributed by atoms with van der Waals surface area (Å²) in [4.78, 5) is 9.86. The number of fused-ring (bicyclic) bond motifs is 1. The summed E-state index contributed by atoms with van der Waals surface area (Å²) in [5.74, 6) is -0.400. The molecule has 0 aliphatic carbocycles. The first-order valence-electron chi connectivity index (χ1n) is 6.18. The molecule has 10 nitrogen and oxygen atoms in total. The molecular weight excluding hydrogens is 290 g/mol. The van der Waals surface area contributed by atoms with Gasteiger partial charge in [0.05, 0.1) is 12.7 Å². The van der Waals surface area contributed by atoms with E-state index in [1.165, 1.54) is 6.07 Å². The largest absolute Gasteiger partial charge is 0.433 e. The highest BCUT2D eigenvalue weighted by Gasteiger charge is 2.48. The maximum atomic E-state index is 10.6. The molecule has 0 radical (unpaired) electrons. The topological polar surface area (TPSA) is 145 Å². The Labute approximate surface area is 117 Å². The predicted molar refractivity (Wildman–Crippen MR) is 61.8 cm³/mol. The number of aliphatic hydroxyl groups excluding tert-OH is 3. The third-order valence-electron chi connectivity index (χ3n) is 3.38. The summed E-state index contributed by atoms with van der Waals surface area (Å²) in [5, 5.41) is 39.4. The molecule has 21 heavy (non-hydrogen) atoms. The van der Waals surface area contributed by atoms with Crippen molar-refractivity contribution in [2.45, 2.75) is 37.0 Å². The van der Waals surface area contributed by atoms with E-state index in [0.29, 0.717) is 0 Å². The maximum Gasteiger partial charge on any atom is 0.433 e. The Balaban J connectivity index is 1.75. The van der Waals surface area contributed by atoms with Gasteiger partial charge in [-0.15, -0.1) is 0 Å². The van der Waals surface area contributed by atoms with Crippen molar-refractivity contribution in [3.05, 3.63) is 28.0 Å². The van der Waals surface area contributed by atoms with E-state index >= 15 is 0 Å². The highest BCUT2D eigenvalue weighted by Crippen LogP contribution is 2.35. The minimum Gasteiger partial charge on any atom is -0.400 e. The van der Waals surface area contributed by atoms with Crippen LogP contribution in [0.4, 0.5) is 5.88 Å². The van der Waals surface area contributed by atoms with Crippen LogP contribution < -0.4 is 0 Å². The van der Waals surface area contributed by atoms with Crippen molar-refractivity contribution in [3.63, 3.8) is 0 Å². The molecule has 4 unspecified atom stereocenters. The van der Waals surface area contributed by atoms with E-state index in [-0.39, 0.29) is 12.4 Å². The van der Waals surface area contributed by atoms with Crippen LogP contribution in [0.5, 0.6) is 0 Å². The molecule has 3 rings (SSSR count). The molecular formula is C11H13NO9. The number of hydrogen-bond acceptors (Lipinski definition) is 9. The van der Waals surface area contributed by atoms with Gasteiger partial charge in [-0.05, 0) is 6.07 Å². The zero-order valence-corrected chi connectivity index (χ0v) is 10.6. The molecule has 3 heterocycles. The molecule has 0 bridgehead atoms. The van der Waals surface area contributed by atoms with Crippen LogP contribution in [-0.2, 0) is 14.2 Å². The summed E-state index contributed by atoms with van der Waals surface area (Å²) in [6, 6.07) is 2.48. The first kappa shape index (κ1) is 14.4. The first-order valence-corrected chi connectivity index (χ1v) is 6.18. The van der Waals surface area contributed by atoms with Crippen molar-refractivity contribution in [2.24, 2.45) is 0 Å². The second kappa shape index (κ2) is 5.33.